The number of phenolic OH excluding ortho intramolecular Hbond substituents is 1. The second-order valence-corrected chi connectivity index (χ2v) is 6.19. The Bertz CT molecular complexity index is 812. The van der Waals surface area contributed by atoms with Crippen molar-refractivity contribution < 1.29 is 19.3 Å². The minimum atomic E-state index is -0.0155. The molecule has 0 fully saturated rings. The molecule has 0 aromatic heterocycles. The number of ether oxygens (including phenoxy) is 3. The molecular formula is C20H23NO4. The van der Waals surface area contributed by atoms with E-state index in [-0.39, 0.29) is 5.75 Å². The maximum atomic E-state index is 10.5. The molecule has 25 heavy (non-hydrogen) atoms. The van der Waals surface area contributed by atoms with Crippen LogP contribution in [0.2, 0.25) is 0 Å². The van der Waals surface area contributed by atoms with Gasteiger partial charge in [0, 0.05) is 17.7 Å². The van der Waals surface area contributed by atoms with Crippen molar-refractivity contribution >= 4 is 12.2 Å². The summed E-state index contributed by atoms with van der Waals surface area (Å²) in [6.45, 7) is 0.929. The maximum Gasteiger partial charge on any atom is 0.202 e. The minimum absolute atomic E-state index is 0.0155. The van der Waals surface area contributed by atoms with Crippen molar-refractivity contribution in [3.05, 3.63) is 41.0 Å². The van der Waals surface area contributed by atoms with E-state index in [9.17, 15) is 5.11 Å². The zero-order valence-corrected chi connectivity index (χ0v) is 15.0. The first-order valence-electron chi connectivity index (χ1n) is 8.15. The van der Waals surface area contributed by atoms with E-state index in [2.05, 4.69) is 25.1 Å². The van der Waals surface area contributed by atoms with Crippen LogP contribution in [0.1, 0.15) is 16.7 Å². The molecule has 0 spiro atoms. The molecule has 1 N–H and O–H groups in total. The zero-order chi connectivity index (χ0) is 18.0. The van der Waals surface area contributed by atoms with E-state index in [1.165, 1.54) is 12.7 Å². The van der Waals surface area contributed by atoms with Crippen molar-refractivity contribution in [1.29, 1.82) is 0 Å². The van der Waals surface area contributed by atoms with Gasteiger partial charge < -0.3 is 24.2 Å². The first-order valence-corrected chi connectivity index (χ1v) is 8.15. The Morgan fingerprint density at radius 2 is 1.68 bits per heavy atom. The smallest absolute Gasteiger partial charge is 0.202 e. The highest BCUT2D eigenvalue weighted by molar-refractivity contribution is 5.82. The van der Waals surface area contributed by atoms with Gasteiger partial charge in [0.05, 0.1) is 14.2 Å². The number of fused-ring (bicyclic) bond motifs is 2. The van der Waals surface area contributed by atoms with Gasteiger partial charge in [-0.25, -0.2) is 0 Å². The van der Waals surface area contributed by atoms with E-state index in [0.717, 1.165) is 24.1 Å². The molecule has 2 aromatic carbocycles. The van der Waals surface area contributed by atoms with Gasteiger partial charge in [0.25, 0.3) is 0 Å². The number of phenols is 1. The van der Waals surface area contributed by atoms with Crippen LogP contribution in [-0.2, 0) is 6.42 Å². The van der Waals surface area contributed by atoms with Crippen LogP contribution >= 0.6 is 0 Å². The predicted molar refractivity (Wildman–Crippen MR) is 98.9 cm³/mol. The van der Waals surface area contributed by atoms with Crippen LogP contribution in [0.3, 0.4) is 0 Å². The third-order valence-electron chi connectivity index (χ3n) is 4.28. The lowest BCUT2D eigenvalue weighted by molar-refractivity contribution is 0.343. The number of methoxy groups -OCH3 is 2. The third kappa shape index (κ3) is 3.28. The lowest BCUT2D eigenvalue weighted by Gasteiger charge is -2.18. The average Bonchev–Trinajstić information content (AvgIpc) is 2.80. The van der Waals surface area contributed by atoms with Gasteiger partial charge >= 0.3 is 0 Å². The monoisotopic (exact) mass is 341 g/mol. The second-order valence-electron chi connectivity index (χ2n) is 6.19. The summed E-state index contributed by atoms with van der Waals surface area (Å²) in [5.74, 6) is 1.97. The zero-order valence-electron chi connectivity index (χ0n) is 15.0. The van der Waals surface area contributed by atoms with E-state index in [0.29, 0.717) is 23.0 Å². The van der Waals surface area contributed by atoms with Crippen molar-refractivity contribution in [1.82, 2.24) is 4.90 Å². The van der Waals surface area contributed by atoms with Crippen LogP contribution in [0.4, 0.5) is 0 Å². The maximum absolute atomic E-state index is 10.5. The van der Waals surface area contributed by atoms with Gasteiger partial charge in [-0.1, -0.05) is 18.2 Å². The fourth-order valence-corrected chi connectivity index (χ4v) is 2.88. The molecule has 5 heteroatoms. The molecule has 1 heterocycles. The summed E-state index contributed by atoms with van der Waals surface area (Å²) < 4.78 is 16.8. The highest BCUT2D eigenvalue weighted by Gasteiger charge is 2.22. The Morgan fingerprint density at radius 1 is 0.960 bits per heavy atom. The van der Waals surface area contributed by atoms with Gasteiger partial charge in [-0.3, -0.25) is 0 Å². The second kappa shape index (κ2) is 7.07. The van der Waals surface area contributed by atoms with E-state index >= 15 is 0 Å². The number of hydrogen-bond donors (Lipinski definition) is 1. The number of nitrogens with zero attached hydrogens (tertiary/aromatic N) is 1. The molecule has 1 aliphatic rings. The van der Waals surface area contributed by atoms with Crippen LogP contribution in [-0.4, -0.2) is 44.9 Å². The molecule has 0 bridgehead atoms. The molecular weight excluding hydrogens is 318 g/mol. The molecule has 0 saturated carbocycles. The highest BCUT2D eigenvalue weighted by Crippen LogP contribution is 2.48. The molecule has 0 aliphatic carbocycles. The summed E-state index contributed by atoms with van der Waals surface area (Å²) in [6.07, 6.45) is 4.85. The highest BCUT2D eigenvalue weighted by atomic mass is 16.5. The molecule has 132 valence electrons. The van der Waals surface area contributed by atoms with Crippen molar-refractivity contribution in [2.45, 2.75) is 6.42 Å². The lowest BCUT2D eigenvalue weighted by atomic mass is 10.0. The number of aromatic hydroxyl groups is 1. The quantitative estimate of drug-likeness (QED) is 0.765. The van der Waals surface area contributed by atoms with Crippen molar-refractivity contribution in [3.8, 4) is 28.7 Å². The standard InChI is InChI=1S/C20H23NO4/c1-21(2)12-11-13-6-10-17(24-4)20-15(13)8-5-14-7-9-16(23-3)18(22)19(14)25-20/h5-10,22H,11-12H2,1-4H3. The molecule has 0 atom stereocenters. The van der Waals surface area contributed by atoms with Crippen LogP contribution < -0.4 is 14.2 Å². The van der Waals surface area contributed by atoms with Crippen LogP contribution in [0.5, 0.6) is 28.7 Å². The van der Waals surface area contributed by atoms with Crippen molar-refractivity contribution in [2.75, 3.05) is 34.9 Å². The Hall–Kier alpha value is -2.66. The molecule has 2 aromatic rings. The molecule has 5 nitrogen and oxygen atoms in total. The van der Waals surface area contributed by atoms with E-state index in [1.807, 2.05) is 24.3 Å². The predicted octanol–water partition coefficient (Wildman–Crippen LogP) is 3.79. The Kier molecular flexibility index (Phi) is 4.86. The third-order valence-corrected chi connectivity index (χ3v) is 4.28. The van der Waals surface area contributed by atoms with Gasteiger partial charge in [-0.2, -0.15) is 0 Å². The lowest BCUT2D eigenvalue weighted by Crippen LogP contribution is -2.15. The van der Waals surface area contributed by atoms with Crippen molar-refractivity contribution in [2.24, 2.45) is 0 Å². The molecule has 0 saturated heterocycles. The normalized spacial score (nSPS) is 12.2. The summed E-state index contributed by atoms with van der Waals surface area (Å²) >= 11 is 0. The summed E-state index contributed by atoms with van der Waals surface area (Å²) in [6, 6.07) is 7.55. The van der Waals surface area contributed by atoms with Crippen LogP contribution in [0.15, 0.2) is 24.3 Å². The van der Waals surface area contributed by atoms with Gasteiger partial charge in [0.1, 0.15) is 0 Å². The summed E-state index contributed by atoms with van der Waals surface area (Å²) in [5.41, 5.74) is 2.92. The molecule has 0 amide bonds. The van der Waals surface area contributed by atoms with Crippen molar-refractivity contribution in [3.63, 3.8) is 0 Å². The Morgan fingerprint density at radius 3 is 2.36 bits per heavy atom. The first-order chi connectivity index (χ1) is 12.0. The molecule has 3 rings (SSSR count). The summed E-state index contributed by atoms with van der Waals surface area (Å²) in [7, 11) is 7.23. The average molecular weight is 341 g/mol. The number of rotatable bonds is 5. The number of hydrogen-bond acceptors (Lipinski definition) is 5. The van der Waals surface area contributed by atoms with Crippen LogP contribution in [0, 0.1) is 0 Å². The number of likely N-dealkylation sites (N-methyl/N-ethyl adjacent to an activating group) is 1. The van der Waals surface area contributed by atoms with Gasteiger partial charge in [-0.15, -0.1) is 0 Å². The first kappa shape index (κ1) is 17.2. The minimum Gasteiger partial charge on any atom is -0.502 e. The fourth-order valence-electron chi connectivity index (χ4n) is 2.88. The summed E-state index contributed by atoms with van der Waals surface area (Å²) in [5, 5.41) is 10.5. The SMILES string of the molecule is COc1ccc2c(c1O)Oc1c(OC)ccc(CCN(C)C)c1C=C2. The number of benzene rings is 2. The summed E-state index contributed by atoms with van der Waals surface area (Å²) in [4.78, 5) is 2.14. The van der Waals surface area contributed by atoms with E-state index in [1.54, 1.807) is 13.2 Å². The van der Waals surface area contributed by atoms with E-state index in [4.69, 9.17) is 14.2 Å². The van der Waals surface area contributed by atoms with E-state index < -0.39 is 0 Å². The fraction of sp³-hybridized carbons (Fsp3) is 0.300. The van der Waals surface area contributed by atoms with Gasteiger partial charge in [-0.05, 0) is 44.3 Å². The van der Waals surface area contributed by atoms with Gasteiger partial charge in [0.2, 0.25) is 5.75 Å². The Labute approximate surface area is 148 Å². The topological polar surface area (TPSA) is 51.2 Å². The molecule has 1 aliphatic heterocycles. The molecule has 0 unspecified atom stereocenters. The van der Waals surface area contributed by atoms with Gasteiger partial charge in [0.15, 0.2) is 23.0 Å². The molecule has 0 radical (unpaired) electrons. The Balaban J connectivity index is 2.11. The van der Waals surface area contributed by atoms with Crippen LogP contribution in [0.25, 0.3) is 12.2 Å². The largest absolute Gasteiger partial charge is 0.502 e.